The monoisotopic (exact) mass is 423 g/mol. The standard InChI is InChI=1S/C23H25N3O3S/c1-24-30(28,29)21-10-5-8-19(16-21)23(27)26-14-12-25(13-15-26)17-20-9-4-7-18-6-2-3-11-22(18)20/h2-11,16,24H,12-15,17H2,1H3. The van der Waals surface area contributed by atoms with Gasteiger partial charge in [-0.3, -0.25) is 9.69 Å². The molecule has 30 heavy (non-hydrogen) atoms. The molecule has 1 saturated heterocycles. The molecule has 0 aliphatic carbocycles. The summed E-state index contributed by atoms with van der Waals surface area (Å²) in [6.45, 7) is 3.64. The number of fused-ring (bicyclic) bond motifs is 1. The molecule has 6 nitrogen and oxygen atoms in total. The van der Waals surface area contributed by atoms with E-state index in [1.807, 2.05) is 6.07 Å². The fourth-order valence-electron chi connectivity index (χ4n) is 3.88. The van der Waals surface area contributed by atoms with Crippen molar-refractivity contribution in [3.8, 4) is 0 Å². The van der Waals surface area contributed by atoms with E-state index in [1.165, 1.54) is 35.5 Å². The first-order valence-electron chi connectivity index (χ1n) is 10.00. The molecule has 0 radical (unpaired) electrons. The van der Waals surface area contributed by atoms with Crippen LogP contribution in [0.4, 0.5) is 0 Å². The van der Waals surface area contributed by atoms with Gasteiger partial charge in [-0.25, -0.2) is 13.1 Å². The molecular formula is C23H25N3O3S. The minimum atomic E-state index is -3.58. The van der Waals surface area contributed by atoms with Gasteiger partial charge in [-0.15, -0.1) is 0 Å². The Kier molecular flexibility index (Phi) is 5.85. The molecule has 156 valence electrons. The van der Waals surface area contributed by atoms with E-state index in [0.717, 1.165) is 19.6 Å². The SMILES string of the molecule is CNS(=O)(=O)c1cccc(C(=O)N2CCN(Cc3cccc4ccccc34)CC2)c1. The summed E-state index contributed by atoms with van der Waals surface area (Å²) in [5.41, 5.74) is 1.69. The molecule has 1 aliphatic heterocycles. The van der Waals surface area contributed by atoms with Gasteiger partial charge in [0.15, 0.2) is 0 Å². The van der Waals surface area contributed by atoms with Gasteiger partial charge < -0.3 is 4.90 Å². The van der Waals surface area contributed by atoms with Gasteiger partial charge >= 0.3 is 0 Å². The van der Waals surface area contributed by atoms with Gasteiger partial charge in [-0.2, -0.15) is 0 Å². The topological polar surface area (TPSA) is 69.7 Å². The number of nitrogens with one attached hydrogen (secondary N) is 1. The van der Waals surface area contributed by atoms with Crippen molar-refractivity contribution in [3.63, 3.8) is 0 Å². The third-order valence-electron chi connectivity index (χ3n) is 5.59. The molecule has 1 N–H and O–H groups in total. The molecule has 0 unspecified atom stereocenters. The van der Waals surface area contributed by atoms with E-state index < -0.39 is 10.0 Å². The smallest absolute Gasteiger partial charge is 0.253 e. The fraction of sp³-hybridized carbons (Fsp3) is 0.261. The Bertz CT molecular complexity index is 1160. The summed E-state index contributed by atoms with van der Waals surface area (Å²) in [5.74, 6) is -0.132. The number of benzene rings is 3. The van der Waals surface area contributed by atoms with Crippen molar-refractivity contribution in [2.45, 2.75) is 11.4 Å². The quantitative estimate of drug-likeness (QED) is 0.685. The first kappa shape index (κ1) is 20.5. The number of sulfonamides is 1. The summed E-state index contributed by atoms with van der Waals surface area (Å²) < 4.78 is 26.3. The van der Waals surface area contributed by atoms with E-state index in [1.54, 1.807) is 17.0 Å². The van der Waals surface area contributed by atoms with Crippen LogP contribution in [0.5, 0.6) is 0 Å². The van der Waals surface area contributed by atoms with Gasteiger partial charge in [0.2, 0.25) is 10.0 Å². The second-order valence-corrected chi connectivity index (χ2v) is 9.33. The van der Waals surface area contributed by atoms with Crippen LogP contribution in [0.25, 0.3) is 10.8 Å². The number of carbonyl (C=O) groups excluding carboxylic acids is 1. The lowest BCUT2D eigenvalue weighted by molar-refractivity contribution is 0.0628. The Morgan fingerprint density at radius 1 is 0.933 bits per heavy atom. The number of hydrogen-bond acceptors (Lipinski definition) is 4. The highest BCUT2D eigenvalue weighted by atomic mass is 32.2. The van der Waals surface area contributed by atoms with E-state index in [4.69, 9.17) is 0 Å². The van der Waals surface area contributed by atoms with E-state index in [2.05, 4.69) is 46.0 Å². The number of piperazine rings is 1. The second-order valence-electron chi connectivity index (χ2n) is 7.44. The molecule has 1 amide bonds. The van der Waals surface area contributed by atoms with Gasteiger partial charge in [0.25, 0.3) is 5.91 Å². The molecule has 4 rings (SSSR count). The van der Waals surface area contributed by atoms with E-state index in [-0.39, 0.29) is 10.8 Å². The zero-order valence-corrected chi connectivity index (χ0v) is 17.7. The number of rotatable bonds is 5. The Labute approximate surface area is 177 Å². The third kappa shape index (κ3) is 4.23. The van der Waals surface area contributed by atoms with Crippen molar-refractivity contribution >= 4 is 26.7 Å². The van der Waals surface area contributed by atoms with Crippen LogP contribution < -0.4 is 4.72 Å². The Morgan fingerprint density at radius 2 is 1.63 bits per heavy atom. The van der Waals surface area contributed by atoms with Gasteiger partial charge in [0.05, 0.1) is 4.90 Å². The van der Waals surface area contributed by atoms with E-state index in [0.29, 0.717) is 18.7 Å². The fourth-order valence-corrected chi connectivity index (χ4v) is 4.65. The average molecular weight is 424 g/mol. The maximum atomic E-state index is 12.9. The second kappa shape index (κ2) is 8.55. The first-order valence-corrected chi connectivity index (χ1v) is 11.5. The zero-order chi connectivity index (χ0) is 21.1. The Morgan fingerprint density at radius 3 is 2.40 bits per heavy atom. The molecule has 1 heterocycles. The van der Waals surface area contributed by atoms with Crippen LogP contribution >= 0.6 is 0 Å². The minimum Gasteiger partial charge on any atom is -0.336 e. The predicted molar refractivity (Wildman–Crippen MR) is 118 cm³/mol. The lowest BCUT2D eigenvalue weighted by Crippen LogP contribution is -2.48. The summed E-state index contributed by atoms with van der Waals surface area (Å²) in [5, 5.41) is 2.50. The minimum absolute atomic E-state index is 0.102. The summed E-state index contributed by atoms with van der Waals surface area (Å²) >= 11 is 0. The molecule has 7 heteroatoms. The van der Waals surface area contributed by atoms with Crippen molar-refractivity contribution in [3.05, 3.63) is 77.9 Å². The molecule has 0 saturated carbocycles. The predicted octanol–water partition coefficient (Wildman–Crippen LogP) is 2.71. The van der Waals surface area contributed by atoms with Crippen LogP contribution in [0.1, 0.15) is 15.9 Å². The summed E-state index contributed by atoms with van der Waals surface area (Å²) in [7, 11) is -2.22. The molecule has 0 bridgehead atoms. The average Bonchev–Trinajstić information content (AvgIpc) is 2.79. The molecule has 0 atom stereocenters. The van der Waals surface area contributed by atoms with Gasteiger partial charge in [0, 0.05) is 38.3 Å². The normalized spacial score (nSPS) is 15.4. The molecule has 0 spiro atoms. The maximum absolute atomic E-state index is 12.9. The number of hydrogen-bond donors (Lipinski definition) is 1. The Balaban J connectivity index is 1.42. The molecule has 0 aromatic heterocycles. The summed E-state index contributed by atoms with van der Waals surface area (Å²) in [6.07, 6.45) is 0. The molecule has 1 aliphatic rings. The summed E-state index contributed by atoms with van der Waals surface area (Å²) in [4.78, 5) is 17.2. The lowest BCUT2D eigenvalue weighted by Gasteiger charge is -2.35. The van der Waals surface area contributed by atoms with Crippen LogP contribution in [0, 0.1) is 0 Å². The van der Waals surface area contributed by atoms with Crippen LogP contribution in [-0.2, 0) is 16.6 Å². The van der Waals surface area contributed by atoms with Crippen LogP contribution in [0.3, 0.4) is 0 Å². The van der Waals surface area contributed by atoms with Gasteiger partial charge in [-0.05, 0) is 41.6 Å². The molecule has 3 aromatic rings. The molecule has 3 aromatic carbocycles. The lowest BCUT2D eigenvalue weighted by atomic mass is 10.0. The van der Waals surface area contributed by atoms with Crippen molar-refractivity contribution in [1.82, 2.24) is 14.5 Å². The largest absolute Gasteiger partial charge is 0.336 e. The maximum Gasteiger partial charge on any atom is 0.253 e. The van der Waals surface area contributed by atoms with E-state index in [9.17, 15) is 13.2 Å². The van der Waals surface area contributed by atoms with E-state index >= 15 is 0 Å². The first-order chi connectivity index (χ1) is 14.5. The van der Waals surface area contributed by atoms with Crippen molar-refractivity contribution in [1.29, 1.82) is 0 Å². The zero-order valence-electron chi connectivity index (χ0n) is 16.9. The number of nitrogens with zero attached hydrogens (tertiary/aromatic N) is 2. The van der Waals surface area contributed by atoms with Crippen LogP contribution in [0.15, 0.2) is 71.6 Å². The van der Waals surface area contributed by atoms with Crippen molar-refractivity contribution < 1.29 is 13.2 Å². The highest BCUT2D eigenvalue weighted by Gasteiger charge is 2.23. The number of carbonyl (C=O) groups is 1. The van der Waals surface area contributed by atoms with Gasteiger partial charge in [0.1, 0.15) is 0 Å². The highest BCUT2D eigenvalue weighted by molar-refractivity contribution is 7.89. The van der Waals surface area contributed by atoms with Crippen molar-refractivity contribution in [2.75, 3.05) is 33.2 Å². The van der Waals surface area contributed by atoms with Gasteiger partial charge in [-0.1, -0.05) is 48.5 Å². The van der Waals surface area contributed by atoms with Crippen molar-refractivity contribution in [2.24, 2.45) is 0 Å². The molecular weight excluding hydrogens is 398 g/mol. The third-order valence-corrected chi connectivity index (χ3v) is 7.01. The van der Waals surface area contributed by atoms with Crippen LogP contribution in [0.2, 0.25) is 0 Å². The highest BCUT2D eigenvalue weighted by Crippen LogP contribution is 2.21. The Hall–Kier alpha value is -2.74. The van der Waals surface area contributed by atoms with Crippen LogP contribution in [-0.4, -0.2) is 57.4 Å². The molecule has 1 fully saturated rings. The summed E-state index contributed by atoms with van der Waals surface area (Å²) in [6, 6.07) is 21.0. The number of amides is 1.